The first-order valence-electron chi connectivity index (χ1n) is 5.07. The zero-order valence-electron chi connectivity index (χ0n) is 9.25. The minimum absolute atomic E-state index is 0.0884. The Morgan fingerprint density at radius 3 is 2.47 bits per heavy atom. The van der Waals surface area contributed by atoms with Crippen LogP contribution in [0.3, 0.4) is 0 Å². The number of benzene rings is 1. The Hall–Kier alpha value is -1.09. The summed E-state index contributed by atoms with van der Waals surface area (Å²) in [5, 5.41) is 0. The number of hydrogen-bond donors (Lipinski definition) is 1. The summed E-state index contributed by atoms with van der Waals surface area (Å²) in [7, 11) is 1.55. The highest BCUT2D eigenvalue weighted by Crippen LogP contribution is 2.59. The van der Waals surface area contributed by atoms with E-state index in [-0.39, 0.29) is 23.2 Å². The summed E-state index contributed by atoms with van der Waals surface area (Å²) in [4.78, 5) is 0. The van der Waals surface area contributed by atoms with Crippen molar-refractivity contribution >= 4 is 0 Å². The van der Waals surface area contributed by atoms with Crippen molar-refractivity contribution < 1.29 is 9.13 Å². The first-order chi connectivity index (χ1) is 6.98. The molecule has 0 aromatic heterocycles. The van der Waals surface area contributed by atoms with Crippen molar-refractivity contribution in [1.82, 2.24) is 0 Å². The Balaban J connectivity index is 2.38. The molecule has 2 atom stereocenters. The SMILES string of the molecule is COc1cc(F)ccc1C1C(N)C1(C)C. The molecule has 1 saturated carbocycles. The van der Waals surface area contributed by atoms with Gasteiger partial charge in [0.25, 0.3) is 0 Å². The average molecular weight is 209 g/mol. The maximum absolute atomic E-state index is 13.0. The quantitative estimate of drug-likeness (QED) is 0.811. The van der Waals surface area contributed by atoms with Crippen LogP contribution in [0, 0.1) is 11.2 Å². The summed E-state index contributed by atoms with van der Waals surface area (Å²) in [6, 6.07) is 4.78. The number of methoxy groups -OCH3 is 1. The Morgan fingerprint density at radius 1 is 1.40 bits per heavy atom. The van der Waals surface area contributed by atoms with Crippen molar-refractivity contribution in [2.75, 3.05) is 7.11 Å². The van der Waals surface area contributed by atoms with Crippen LogP contribution in [0.1, 0.15) is 25.3 Å². The lowest BCUT2D eigenvalue weighted by atomic mass is 10.0. The van der Waals surface area contributed by atoms with Gasteiger partial charge in [0.1, 0.15) is 11.6 Å². The molecule has 1 aliphatic rings. The summed E-state index contributed by atoms with van der Waals surface area (Å²) >= 11 is 0. The third kappa shape index (κ3) is 1.51. The second-order valence-electron chi connectivity index (χ2n) is 4.71. The van der Waals surface area contributed by atoms with Gasteiger partial charge in [0.05, 0.1) is 7.11 Å². The molecule has 2 nitrogen and oxygen atoms in total. The summed E-state index contributed by atoms with van der Waals surface area (Å²) in [5.41, 5.74) is 7.09. The molecule has 3 heteroatoms. The van der Waals surface area contributed by atoms with Gasteiger partial charge in [-0.15, -0.1) is 0 Å². The maximum Gasteiger partial charge on any atom is 0.126 e. The van der Waals surface area contributed by atoms with E-state index in [1.807, 2.05) is 0 Å². The van der Waals surface area contributed by atoms with Crippen LogP contribution in [-0.2, 0) is 0 Å². The van der Waals surface area contributed by atoms with Gasteiger partial charge < -0.3 is 10.5 Å². The molecular formula is C12H16FNO. The van der Waals surface area contributed by atoms with Gasteiger partial charge >= 0.3 is 0 Å². The topological polar surface area (TPSA) is 35.2 Å². The molecule has 0 aliphatic heterocycles. The smallest absolute Gasteiger partial charge is 0.126 e. The third-order valence-corrected chi connectivity index (χ3v) is 3.44. The summed E-state index contributed by atoms with van der Waals surface area (Å²) in [6.07, 6.45) is 0. The lowest BCUT2D eigenvalue weighted by Crippen LogP contribution is -2.06. The first-order valence-corrected chi connectivity index (χ1v) is 5.07. The third-order valence-electron chi connectivity index (χ3n) is 3.44. The van der Waals surface area contributed by atoms with Crippen LogP contribution in [0.5, 0.6) is 5.75 Å². The molecule has 82 valence electrons. The van der Waals surface area contributed by atoms with E-state index in [9.17, 15) is 4.39 Å². The lowest BCUT2D eigenvalue weighted by Gasteiger charge is -2.09. The molecule has 1 aromatic rings. The molecule has 2 N–H and O–H groups in total. The van der Waals surface area contributed by atoms with Crippen LogP contribution in [-0.4, -0.2) is 13.2 Å². The van der Waals surface area contributed by atoms with Gasteiger partial charge in [-0.05, 0) is 17.0 Å². The van der Waals surface area contributed by atoms with Crippen LogP contribution >= 0.6 is 0 Å². The molecule has 2 rings (SSSR count). The highest BCUT2D eigenvalue weighted by molar-refractivity contribution is 5.44. The van der Waals surface area contributed by atoms with Crippen LogP contribution < -0.4 is 10.5 Å². The summed E-state index contributed by atoms with van der Waals surface area (Å²) in [6.45, 7) is 4.23. The average Bonchev–Trinajstić information content (AvgIpc) is 2.67. The second kappa shape index (κ2) is 3.20. The predicted octanol–water partition coefficient (Wildman–Crippen LogP) is 2.29. The van der Waals surface area contributed by atoms with Gasteiger partial charge in [-0.2, -0.15) is 0 Å². The minimum Gasteiger partial charge on any atom is -0.496 e. The Bertz CT molecular complexity index is 389. The van der Waals surface area contributed by atoms with Crippen molar-refractivity contribution in [2.45, 2.75) is 25.8 Å². The summed E-state index contributed by atoms with van der Waals surface area (Å²) < 4.78 is 18.2. The molecule has 0 heterocycles. The van der Waals surface area contributed by atoms with Crippen molar-refractivity contribution in [2.24, 2.45) is 11.1 Å². The number of rotatable bonds is 2. The zero-order valence-corrected chi connectivity index (χ0v) is 9.25. The fourth-order valence-corrected chi connectivity index (χ4v) is 2.21. The Morgan fingerprint density at radius 2 is 2.00 bits per heavy atom. The molecule has 1 fully saturated rings. The van der Waals surface area contributed by atoms with Crippen LogP contribution in [0.4, 0.5) is 4.39 Å². The number of halogens is 1. The van der Waals surface area contributed by atoms with E-state index in [0.717, 1.165) is 5.56 Å². The molecule has 2 unspecified atom stereocenters. The summed E-state index contributed by atoms with van der Waals surface area (Å²) in [5.74, 6) is 0.594. The standard InChI is InChI=1S/C12H16FNO/c1-12(2)10(11(12)14)8-5-4-7(13)6-9(8)15-3/h4-6,10-11H,14H2,1-3H3. The molecule has 15 heavy (non-hydrogen) atoms. The predicted molar refractivity (Wildman–Crippen MR) is 57.4 cm³/mol. The van der Waals surface area contributed by atoms with E-state index in [0.29, 0.717) is 5.75 Å². The first kappa shape index (κ1) is 10.4. The van der Waals surface area contributed by atoms with E-state index in [2.05, 4.69) is 13.8 Å². The number of ether oxygens (including phenoxy) is 1. The maximum atomic E-state index is 13.0. The molecule has 0 spiro atoms. The number of nitrogens with two attached hydrogens (primary N) is 1. The van der Waals surface area contributed by atoms with E-state index in [4.69, 9.17) is 10.5 Å². The van der Waals surface area contributed by atoms with Crippen LogP contribution in [0.2, 0.25) is 0 Å². The second-order valence-corrected chi connectivity index (χ2v) is 4.71. The van der Waals surface area contributed by atoms with Crippen molar-refractivity contribution in [3.05, 3.63) is 29.6 Å². The lowest BCUT2D eigenvalue weighted by molar-refractivity contribution is 0.404. The molecule has 0 amide bonds. The van der Waals surface area contributed by atoms with E-state index in [1.165, 1.54) is 12.1 Å². The van der Waals surface area contributed by atoms with Gasteiger partial charge in [0.2, 0.25) is 0 Å². The van der Waals surface area contributed by atoms with Gasteiger partial charge in [-0.25, -0.2) is 4.39 Å². The fraction of sp³-hybridized carbons (Fsp3) is 0.500. The van der Waals surface area contributed by atoms with Crippen LogP contribution in [0.15, 0.2) is 18.2 Å². The molecule has 0 radical (unpaired) electrons. The van der Waals surface area contributed by atoms with Gasteiger partial charge in [-0.3, -0.25) is 0 Å². The monoisotopic (exact) mass is 209 g/mol. The highest BCUT2D eigenvalue weighted by Gasteiger charge is 2.57. The largest absolute Gasteiger partial charge is 0.496 e. The molecular weight excluding hydrogens is 193 g/mol. The molecule has 1 aromatic carbocycles. The van der Waals surface area contributed by atoms with Crippen molar-refractivity contribution in [3.8, 4) is 5.75 Å². The van der Waals surface area contributed by atoms with Crippen LogP contribution in [0.25, 0.3) is 0 Å². The zero-order chi connectivity index (χ0) is 11.2. The highest BCUT2D eigenvalue weighted by atomic mass is 19.1. The van der Waals surface area contributed by atoms with Gasteiger partial charge in [0, 0.05) is 18.0 Å². The Kier molecular flexibility index (Phi) is 2.23. The van der Waals surface area contributed by atoms with Crippen molar-refractivity contribution in [1.29, 1.82) is 0 Å². The van der Waals surface area contributed by atoms with E-state index < -0.39 is 0 Å². The van der Waals surface area contributed by atoms with E-state index >= 15 is 0 Å². The molecule has 0 bridgehead atoms. The normalized spacial score (nSPS) is 27.5. The van der Waals surface area contributed by atoms with E-state index in [1.54, 1.807) is 13.2 Å². The van der Waals surface area contributed by atoms with Gasteiger partial charge in [0.15, 0.2) is 0 Å². The van der Waals surface area contributed by atoms with Gasteiger partial charge in [-0.1, -0.05) is 19.9 Å². The number of hydrogen-bond acceptors (Lipinski definition) is 2. The Labute approximate surface area is 89.2 Å². The van der Waals surface area contributed by atoms with Crippen molar-refractivity contribution in [3.63, 3.8) is 0 Å². The minimum atomic E-state index is -0.275. The molecule has 1 aliphatic carbocycles. The fourth-order valence-electron chi connectivity index (χ4n) is 2.21. The molecule has 0 saturated heterocycles.